The zero-order valence-corrected chi connectivity index (χ0v) is 16.3. The Labute approximate surface area is 175 Å². The number of ether oxygens (including phenoxy) is 2. The van der Waals surface area contributed by atoms with E-state index < -0.39 is 29.2 Å². The number of amides is 1. The number of nitro benzene ring substituents is 1. The Kier molecular flexibility index (Phi) is 6.61. The summed E-state index contributed by atoms with van der Waals surface area (Å²) in [5.41, 5.74) is 0.388. The number of benzene rings is 2. The number of nitrogens with zero attached hydrogens (tertiary/aromatic N) is 1. The van der Waals surface area contributed by atoms with Crippen LogP contribution >= 0.6 is 0 Å². The number of nitrogens with one attached hydrogen (secondary N) is 1. The van der Waals surface area contributed by atoms with E-state index in [0.29, 0.717) is 17.1 Å². The lowest BCUT2D eigenvalue weighted by Gasteiger charge is -2.07. The van der Waals surface area contributed by atoms with Crippen molar-refractivity contribution in [1.29, 1.82) is 0 Å². The number of rotatable bonds is 8. The van der Waals surface area contributed by atoms with Gasteiger partial charge in [0.05, 0.1) is 4.92 Å². The molecule has 0 atom stereocenters. The molecule has 9 nitrogen and oxygen atoms in total. The number of hydrogen-bond donors (Lipinski definition) is 1. The molecule has 0 saturated heterocycles. The molecule has 0 fully saturated rings. The number of halogens is 1. The molecule has 1 heterocycles. The number of nitro groups is 1. The zero-order valence-electron chi connectivity index (χ0n) is 16.3. The van der Waals surface area contributed by atoms with Crippen molar-refractivity contribution in [3.05, 3.63) is 87.6 Å². The van der Waals surface area contributed by atoms with Crippen LogP contribution in [0.1, 0.15) is 21.9 Å². The summed E-state index contributed by atoms with van der Waals surface area (Å²) in [6.45, 7) is 1.02. The molecule has 0 spiro atoms. The summed E-state index contributed by atoms with van der Waals surface area (Å²) >= 11 is 0. The van der Waals surface area contributed by atoms with E-state index in [1.807, 2.05) is 0 Å². The Morgan fingerprint density at radius 1 is 1.13 bits per heavy atom. The summed E-state index contributed by atoms with van der Waals surface area (Å²) in [4.78, 5) is 34.5. The average molecular weight is 428 g/mol. The van der Waals surface area contributed by atoms with E-state index in [2.05, 4.69) is 5.32 Å². The largest absolute Gasteiger partial charge is 0.486 e. The van der Waals surface area contributed by atoms with Gasteiger partial charge in [0.25, 0.3) is 11.6 Å². The first-order chi connectivity index (χ1) is 14.8. The van der Waals surface area contributed by atoms with Gasteiger partial charge in [-0.05, 0) is 55.0 Å². The van der Waals surface area contributed by atoms with E-state index in [4.69, 9.17) is 13.9 Å². The van der Waals surface area contributed by atoms with Crippen LogP contribution in [-0.2, 0) is 16.1 Å². The molecular formula is C21H17FN2O7. The average Bonchev–Trinajstić information content (AvgIpc) is 3.22. The highest BCUT2D eigenvalue weighted by molar-refractivity contribution is 5.96. The third-order valence-electron chi connectivity index (χ3n) is 4.02. The van der Waals surface area contributed by atoms with Crippen molar-refractivity contribution in [1.82, 2.24) is 0 Å². The molecule has 0 aliphatic carbocycles. The van der Waals surface area contributed by atoms with E-state index in [1.165, 1.54) is 48.5 Å². The van der Waals surface area contributed by atoms with Crippen molar-refractivity contribution in [2.75, 3.05) is 11.9 Å². The van der Waals surface area contributed by atoms with Gasteiger partial charge in [-0.2, -0.15) is 0 Å². The smallest absolute Gasteiger partial charge is 0.374 e. The van der Waals surface area contributed by atoms with Crippen molar-refractivity contribution in [3.8, 4) is 5.75 Å². The minimum absolute atomic E-state index is 0.00348. The van der Waals surface area contributed by atoms with Crippen molar-refractivity contribution >= 4 is 23.3 Å². The molecule has 3 rings (SSSR count). The zero-order chi connectivity index (χ0) is 22.4. The van der Waals surface area contributed by atoms with Gasteiger partial charge in [-0.15, -0.1) is 0 Å². The fourth-order valence-corrected chi connectivity index (χ4v) is 2.54. The number of aryl methyl sites for hydroxylation is 1. The van der Waals surface area contributed by atoms with Gasteiger partial charge in [-0.1, -0.05) is 6.07 Å². The standard InChI is InChI=1S/C21H17FN2O7/c1-13-2-8-17(18(10-13)24(27)28)23-20(25)12-30-21(26)19-9-7-16(31-19)11-29-15-5-3-14(22)4-6-15/h2-10H,11-12H2,1H3,(H,23,25). The third-order valence-corrected chi connectivity index (χ3v) is 4.02. The van der Waals surface area contributed by atoms with Gasteiger partial charge in [0, 0.05) is 6.07 Å². The Balaban J connectivity index is 1.51. The predicted molar refractivity (Wildman–Crippen MR) is 106 cm³/mol. The Hall–Kier alpha value is -4.21. The normalized spacial score (nSPS) is 10.4. The third kappa shape index (κ3) is 5.89. The lowest BCUT2D eigenvalue weighted by Crippen LogP contribution is -2.21. The lowest BCUT2D eigenvalue weighted by atomic mass is 10.2. The van der Waals surface area contributed by atoms with Gasteiger partial charge in [-0.3, -0.25) is 14.9 Å². The second-order valence-electron chi connectivity index (χ2n) is 6.41. The van der Waals surface area contributed by atoms with Gasteiger partial charge >= 0.3 is 5.97 Å². The highest BCUT2D eigenvalue weighted by atomic mass is 19.1. The van der Waals surface area contributed by atoms with Gasteiger partial charge in [0.15, 0.2) is 6.61 Å². The summed E-state index contributed by atoms with van der Waals surface area (Å²) in [6, 6.07) is 12.6. The molecule has 1 N–H and O–H groups in total. The molecule has 3 aromatic rings. The van der Waals surface area contributed by atoms with E-state index >= 15 is 0 Å². The molecule has 2 aromatic carbocycles. The topological polar surface area (TPSA) is 121 Å². The van der Waals surface area contributed by atoms with Crippen molar-refractivity contribution in [3.63, 3.8) is 0 Å². The van der Waals surface area contributed by atoms with E-state index in [0.717, 1.165) is 0 Å². The summed E-state index contributed by atoms with van der Waals surface area (Å²) in [5, 5.41) is 13.4. The maximum atomic E-state index is 12.9. The minimum Gasteiger partial charge on any atom is -0.486 e. The SMILES string of the molecule is Cc1ccc(NC(=O)COC(=O)c2ccc(COc3ccc(F)cc3)o2)c([N+](=O)[O-])c1. The Bertz CT molecular complexity index is 1110. The molecule has 0 aliphatic rings. The van der Waals surface area contributed by atoms with Crippen LogP contribution in [0.4, 0.5) is 15.8 Å². The molecule has 10 heteroatoms. The van der Waals surface area contributed by atoms with Gasteiger partial charge in [0.1, 0.15) is 29.6 Å². The van der Waals surface area contributed by atoms with Gasteiger partial charge in [-0.25, -0.2) is 9.18 Å². The van der Waals surface area contributed by atoms with Crippen LogP contribution in [-0.4, -0.2) is 23.4 Å². The van der Waals surface area contributed by atoms with Crippen LogP contribution in [0.15, 0.2) is 59.0 Å². The maximum absolute atomic E-state index is 12.9. The van der Waals surface area contributed by atoms with Crippen LogP contribution in [0.2, 0.25) is 0 Å². The molecule has 0 saturated carbocycles. The molecule has 31 heavy (non-hydrogen) atoms. The quantitative estimate of drug-likeness (QED) is 0.327. The fourth-order valence-electron chi connectivity index (χ4n) is 2.54. The van der Waals surface area contributed by atoms with Crippen molar-refractivity contribution in [2.24, 2.45) is 0 Å². The first-order valence-corrected chi connectivity index (χ1v) is 9.01. The number of furan rings is 1. The van der Waals surface area contributed by atoms with Gasteiger partial charge in [0.2, 0.25) is 5.76 Å². The molecule has 1 amide bonds. The number of hydrogen-bond acceptors (Lipinski definition) is 7. The van der Waals surface area contributed by atoms with Crippen LogP contribution < -0.4 is 10.1 Å². The minimum atomic E-state index is -0.887. The molecule has 0 radical (unpaired) electrons. The van der Waals surface area contributed by atoms with Crippen LogP contribution in [0.5, 0.6) is 5.75 Å². The number of anilines is 1. The molecule has 0 unspecified atom stereocenters. The van der Waals surface area contributed by atoms with Crippen LogP contribution in [0.3, 0.4) is 0 Å². The maximum Gasteiger partial charge on any atom is 0.374 e. The molecular weight excluding hydrogens is 411 g/mol. The fraction of sp³-hybridized carbons (Fsp3) is 0.143. The Morgan fingerprint density at radius 3 is 2.58 bits per heavy atom. The van der Waals surface area contributed by atoms with Crippen LogP contribution in [0, 0.1) is 22.9 Å². The molecule has 160 valence electrons. The van der Waals surface area contributed by atoms with Crippen molar-refractivity contribution in [2.45, 2.75) is 13.5 Å². The second-order valence-corrected chi connectivity index (χ2v) is 6.41. The van der Waals surface area contributed by atoms with Crippen LogP contribution in [0.25, 0.3) is 0 Å². The first kappa shape index (κ1) is 21.5. The highest BCUT2D eigenvalue weighted by Gasteiger charge is 2.18. The number of esters is 1. The Morgan fingerprint density at radius 2 is 1.87 bits per heavy atom. The summed E-state index contributed by atoms with van der Waals surface area (Å²) in [7, 11) is 0. The van der Waals surface area contributed by atoms with E-state index in [9.17, 15) is 24.1 Å². The first-order valence-electron chi connectivity index (χ1n) is 9.01. The molecule has 0 aliphatic heterocycles. The monoisotopic (exact) mass is 428 g/mol. The second kappa shape index (κ2) is 9.53. The number of carbonyl (C=O) groups excluding carboxylic acids is 2. The summed E-state index contributed by atoms with van der Waals surface area (Å²) < 4.78 is 28.5. The molecule has 0 bridgehead atoms. The lowest BCUT2D eigenvalue weighted by molar-refractivity contribution is -0.384. The van der Waals surface area contributed by atoms with Gasteiger partial charge < -0.3 is 19.2 Å². The molecule has 1 aromatic heterocycles. The number of carbonyl (C=O) groups is 2. The van der Waals surface area contributed by atoms with E-state index in [1.54, 1.807) is 13.0 Å². The summed E-state index contributed by atoms with van der Waals surface area (Å²) in [6.07, 6.45) is 0. The van der Waals surface area contributed by atoms with E-state index in [-0.39, 0.29) is 23.7 Å². The highest BCUT2D eigenvalue weighted by Crippen LogP contribution is 2.25. The summed E-state index contributed by atoms with van der Waals surface area (Å²) in [5.74, 6) is -1.43. The predicted octanol–water partition coefficient (Wildman–Crippen LogP) is 4.01. The van der Waals surface area contributed by atoms with Crippen molar-refractivity contribution < 1.29 is 32.8 Å².